The van der Waals surface area contributed by atoms with Crippen molar-refractivity contribution in [3.8, 4) is 0 Å². The van der Waals surface area contributed by atoms with Crippen molar-refractivity contribution in [3.05, 3.63) is 23.8 Å². The Morgan fingerprint density at radius 2 is 2.11 bits per heavy atom. The normalized spacial score (nSPS) is 13.2. The van der Waals surface area contributed by atoms with Crippen molar-refractivity contribution >= 4 is 29.2 Å². The molecule has 0 saturated heterocycles. The Balaban J connectivity index is 2.19. The first-order valence-electron chi connectivity index (χ1n) is 5.31. The Labute approximate surface area is 104 Å². The molecule has 6 nitrogen and oxygen atoms in total. The molecule has 94 valence electrons. The third kappa shape index (κ3) is 2.04. The summed E-state index contributed by atoms with van der Waals surface area (Å²) in [7, 11) is 2.83. The Kier molecular flexibility index (Phi) is 3.01. The second-order valence-corrected chi connectivity index (χ2v) is 3.92. The van der Waals surface area contributed by atoms with E-state index in [2.05, 4.69) is 10.1 Å². The van der Waals surface area contributed by atoms with Crippen LogP contribution in [-0.4, -0.2) is 31.9 Å². The number of nitrogens with zero attached hydrogens (tertiary/aromatic N) is 1. The number of likely N-dealkylation sites (N-methyl/N-ethyl adjacent to an activating group) is 1. The van der Waals surface area contributed by atoms with Gasteiger partial charge in [0.15, 0.2) is 0 Å². The van der Waals surface area contributed by atoms with Crippen LogP contribution in [-0.2, 0) is 25.5 Å². The SMILES string of the molecule is COC(=O)C(=O)Nc1ccc2c(c1)CC(=O)N2C. The lowest BCUT2D eigenvalue weighted by Crippen LogP contribution is -2.23. The van der Waals surface area contributed by atoms with Crippen LogP contribution in [0, 0.1) is 0 Å². The molecule has 18 heavy (non-hydrogen) atoms. The van der Waals surface area contributed by atoms with E-state index in [1.807, 2.05) is 0 Å². The van der Waals surface area contributed by atoms with Crippen LogP contribution in [0.1, 0.15) is 5.56 Å². The fourth-order valence-electron chi connectivity index (χ4n) is 1.82. The number of nitrogens with one attached hydrogen (secondary N) is 1. The van der Waals surface area contributed by atoms with Crippen molar-refractivity contribution in [2.45, 2.75) is 6.42 Å². The Morgan fingerprint density at radius 3 is 2.78 bits per heavy atom. The van der Waals surface area contributed by atoms with Crippen molar-refractivity contribution in [2.24, 2.45) is 0 Å². The zero-order valence-electron chi connectivity index (χ0n) is 10.0. The van der Waals surface area contributed by atoms with Crippen LogP contribution in [0.2, 0.25) is 0 Å². The Bertz CT molecular complexity index is 539. The summed E-state index contributed by atoms with van der Waals surface area (Å²) >= 11 is 0. The number of carbonyl (C=O) groups is 3. The number of anilines is 2. The lowest BCUT2D eigenvalue weighted by Gasteiger charge is -2.10. The molecule has 0 fully saturated rings. The van der Waals surface area contributed by atoms with E-state index in [0.29, 0.717) is 12.1 Å². The van der Waals surface area contributed by atoms with Crippen LogP contribution >= 0.6 is 0 Å². The van der Waals surface area contributed by atoms with Gasteiger partial charge in [-0.3, -0.25) is 9.59 Å². The number of ether oxygens (including phenoxy) is 1. The fourth-order valence-corrected chi connectivity index (χ4v) is 1.82. The summed E-state index contributed by atoms with van der Waals surface area (Å²) < 4.78 is 4.30. The van der Waals surface area contributed by atoms with Gasteiger partial charge in [0.25, 0.3) is 0 Å². The minimum absolute atomic E-state index is 0.00134. The first-order chi connectivity index (χ1) is 8.52. The van der Waals surface area contributed by atoms with Gasteiger partial charge in [0, 0.05) is 18.4 Å². The number of amides is 2. The highest BCUT2D eigenvalue weighted by Crippen LogP contribution is 2.29. The van der Waals surface area contributed by atoms with Crippen LogP contribution in [0.5, 0.6) is 0 Å². The number of benzene rings is 1. The molecule has 1 N–H and O–H groups in total. The van der Waals surface area contributed by atoms with E-state index >= 15 is 0 Å². The molecule has 0 bridgehead atoms. The molecule has 0 radical (unpaired) electrons. The lowest BCUT2D eigenvalue weighted by molar-refractivity contribution is -0.150. The van der Waals surface area contributed by atoms with Gasteiger partial charge in [-0.05, 0) is 23.8 Å². The number of hydrogen-bond donors (Lipinski definition) is 1. The summed E-state index contributed by atoms with van der Waals surface area (Å²) in [5.74, 6) is -1.79. The van der Waals surface area contributed by atoms with Gasteiger partial charge in [0.2, 0.25) is 5.91 Å². The summed E-state index contributed by atoms with van der Waals surface area (Å²) in [6.07, 6.45) is 0.299. The predicted molar refractivity (Wildman–Crippen MR) is 64.2 cm³/mol. The molecular weight excluding hydrogens is 236 g/mol. The van der Waals surface area contributed by atoms with Crippen molar-refractivity contribution in [3.63, 3.8) is 0 Å². The largest absolute Gasteiger partial charge is 0.462 e. The van der Waals surface area contributed by atoms with E-state index in [1.54, 1.807) is 30.1 Å². The summed E-state index contributed by atoms with van der Waals surface area (Å²) in [6, 6.07) is 5.04. The molecule has 0 saturated carbocycles. The molecule has 0 aromatic heterocycles. The number of carbonyl (C=O) groups excluding carboxylic acids is 3. The van der Waals surface area contributed by atoms with Gasteiger partial charge in [-0.1, -0.05) is 0 Å². The van der Waals surface area contributed by atoms with E-state index in [1.165, 1.54) is 0 Å². The summed E-state index contributed by atoms with van der Waals surface area (Å²) in [6.45, 7) is 0. The number of hydrogen-bond acceptors (Lipinski definition) is 4. The Hall–Kier alpha value is -2.37. The van der Waals surface area contributed by atoms with Gasteiger partial charge in [-0.15, -0.1) is 0 Å². The first-order valence-corrected chi connectivity index (χ1v) is 5.31. The monoisotopic (exact) mass is 248 g/mol. The van der Waals surface area contributed by atoms with Crippen molar-refractivity contribution in [1.82, 2.24) is 0 Å². The van der Waals surface area contributed by atoms with E-state index in [-0.39, 0.29) is 5.91 Å². The lowest BCUT2D eigenvalue weighted by atomic mass is 10.1. The molecule has 1 aromatic rings. The second-order valence-electron chi connectivity index (χ2n) is 3.92. The molecule has 0 aliphatic carbocycles. The molecule has 1 aliphatic heterocycles. The van der Waals surface area contributed by atoms with Gasteiger partial charge in [-0.25, -0.2) is 4.79 Å². The number of methoxy groups -OCH3 is 1. The topological polar surface area (TPSA) is 75.7 Å². The van der Waals surface area contributed by atoms with Crippen LogP contribution < -0.4 is 10.2 Å². The molecule has 2 amide bonds. The highest BCUT2D eigenvalue weighted by atomic mass is 16.5. The van der Waals surface area contributed by atoms with Crippen molar-refractivity contribution in [2.75, 3.05) is 24.4 Å². The molecule has 2 rings (SSSR count). The van der Waals surface area contributed by atoms with Gasteiger partial charge < -0.3 is 15.0 Å². The zero-order valence-corrected chi connectivity index (χ0v) is 10.0. The third-order valence-corrected chi connectivity index (χ3v) is 2.79. The maximum absolute atomic E-state index is 11.5. The Morgan fingerprint density at radius 1 is 1.39 bits per heavy atom. The van der Waals surface area contributed by atoms with E-state index in [4.69, 9.17) is 0 Å². The number of rotatable bonds is 1. The minimum Gasteiger partial charge on any atom is -0.462 e. The maximum Gasteiger partial charge on any atom is 0.396 e. The average Bonchev–Trinajstić information content (AvgIpc) is 2.63. The van der Waals surface area contributed by atoms with Gasteiger partial charge in [0.05, 0.1) is 13.5 Å². The molecular formula is C12H12N2O4. The number of fused-ring (bicyclic) bond motifs is 1. The van der Waals surface area contributed by atoms with Crippen molar-refractivity contribution in [1.29, 1.82) is 0 Å². The van der Waals surface area contributed by atoms with E-state index in [9.17, 15) is 14.4 Å². The molecule has 0 spiro atoms. The highest BCUT2D eigenvalue weighted by molar-refractivity contribution is 6.37. The van der Waals surface area contributed by atoms with Gasteiger partial charge in [-0.2, -0.15) is 0 Å². The zero-order chi connectivity index (χ0) is 13.3. The minimum atomic E-state index is -0.955. The average molecular weight is 248 g/mol. The smallest absolute Gasteiger partial charge is 0.396 e. The maximum atomic E-state index is 11.5. The van der Waals surface area contributed by atoms with Crippen LogP contribution in [0.15, 0.2) is 18.2 Å². The summed E-state index contributed by atoms with van der Waals surface area (Å²) in [4.78, 5) is 35.3. The van der Waals surface area contributed by atoms with Crippen LogP contribution in [0.25, 0.3) is 0 Å². The summed E-state index contributed by atoms with van der Waals surface area (Å²) in [5.41, 5.74) is 2.11. The molecule has 1 aromatic carbocycles. The fraction of sp³-hybridized carbons (Fsp3) is 0.250. The molecule has 0 atom stereocenters. The highest BCUT2D eigenvalue weighted by Gasteiger charge is 2.24. The van der Waals surface area contributed by atoms with Gasteiger partial charge >= 0.3 is 11.9 Å². The second kappa shape index (κ2) is 4.48. The van der Waals surface area contributed by atoms with Gasteiger partial charge in [0.1, 0.15) is 0 Å². The van der Waals surface area contributed by atoms with E-state index in [0.717, 1.165) is 18.4 Å². The predicted octanol–water partition coefficient (Wildman–Crippen LogP) is 0.317. The third-order valence-electron chi connectivity index (χ3n) is 2.79. The molecule has 0 unspecified atom stereocenters. The molecule has 1 heterocycles. The van der Waals surface area contributed by atoms with Crippen molar-refractivity contribution < 1.29 is 19.1 Å². The van der Waals surface area contributed by atoms with Crippen LogP contribution in [0.3, 0.4) is 0 Å². The molecule has 1 aliphatic rings. The van der Waals surface area contributed by atoms with Crippen LogP contribution in [0.4, 0.5) is 11.4 Å². The van der Waals surface area contributed by atoms with E-state index < -0.39 is 11.9 Å². The quantitative estimate of drug-likeness (QED) is 0.573. The standard InChI is InChI=1S/C12H12N2O4/c1-14-9-4-3-8(5-7(9)6-10(14)15)13-11(16)12(17)18-2/h3-5H,6H2,1-2H3,(H,13,16). The molecule has 6 heteroatoms. The first kappa shape index (κ1) is 12.1. The number of esters is 1. The summed E-state index contributed by atoms with van der Waals surface area (Å²) in [5, 5.41) is 2.41.